The van der Waals surface area contributed by atoms with Gasteiger partial charge in [-0.05, 0) is 20.8 Å². The van der Waals surface area contributed by atoms with Crippen LogP contribution in [0.4, 0.5) is 0 Å². The third kappa shape index (κ3) is 3.28. The van der Waals surface area contributed by atoms with Gasteiger partial charge in [0.15, 0.2) is 5.69 Å². The second kappa shape index (κ2) is 6.83. The first-order valence-corrected chi connectivity index (χ1v) is 6.15. The van der Waals surface area contributed by atoms with Crippen LogP contribution in [0.3, 0.4) is 0 Å². The molecule has 1 amide bonds. The molecule has 1 atom stereocenters. The third-order valence-electron chi connectivity index (χ3n) is 2.55. The summed E-state index contributed by atoms with van der Waals surface area (Å²) in [6, 6.07) is -0.589. The number of amides is 1. The Kier molecular flexibility index (Phi) is 5.43. The number of carbonyl (C=O) groups excluding carboxylic acids is 2. The molecular weight excluding hydrogens is 250 g/mol. The van der Waals surface area contributed by atoms with Crippen molar-refractivity contribution in [2.24, 2.45) is 5.73 Å². The van der Waals surface area contributed by atoms with Crippen LogP contribution in [0, 0.1) is 0 Å². The fraction of sp³-hybridized carbons (Fsp3) is 0.636. The minimum Gasteiger partial charge on any atom is -0.461 e. The molecule has 0 bridgehead atoms. The standard InChI is InChI=1S/C11H19N5O3/c1-4-13-10(17)7(3)16-8(6-12)9(14-15-16)11(18)19-5-2/h7H,4-6,12H2,1-3H3,(H,13,17). The van der Waals surface area contributed by atoms with Gasteiger partial charge in [-0.2, -0.15) is 0 Å². The number of esters is 1. The van der Waals surface area contributed by atoms with Gasteiger partial charge >= 0.3 is 5.97 Å². The molecule has 8 heteroatoms. The summed E-state index contributed by atoms with van der Waals surface area (Å²) >= 11 is 0. The second-order valence-corrected chi connectivity index (χ2v) is 3.82. The van der Waals surface area contributed by atoms with E-state index in [1.807, 2.05) is 6.92 Å². The van der Waals surface area contributed by atoms with Gasteiger partial charge in [-0.15, -0.1) is 5.10 Å². The summed E-state index contributed by atoms with van der Waals surface area (Å²) in [5.41, 5.74) is 6.04. The van der Waals surface area contributed by atoms with E-state index in [9.17, 15) is 9.59 Å². The molecule has 1 rings (SSSR count). The van der Waals surface area contributed by atoms with Crippen molar-refractivity contribution < 1.29 is 14.3 Å². The molecule has 19 heavy (non-hydrogen) atoms. The summed E-state index contributed by atoms with van der Waals surface area (Å²) in [6.07, 6.45) is 0. The maximum absolute atomic E-state index is 11.8. The number of rotatable bonds is 6. The lowest BCUT2D eigenvalue weighted by Gasteiger charge is -2.13. The van der Waals surface area contributed by atoms with E-state index >= 15 is 0 Å². The molecule has 1 aromatic rings. The molecule has 0 spiro atoms. The van der Waals surface area contributed by atoms with Crippen molar-refractivity contribution in [2.45, 2.75) is 33.4 Å². The van der Waals surface area contributed by atoms with Crippen LogP contribution in [0.5, 0.6) is 0 Å². The zero-order chi connectivity index (χ0) is 14.4. The third-order valence-corrected chi connectivity index (χ3v) is 2.55. The summed E-state index contributed by atoms with van der Waals surface area (Å²) in [4.78, 5) is 23.4. The molecule has 0 aliphatic heterocycles. The predicted molar refractivity (Wildman–Crippen MR) is 67.3 cm³/mol. The maximum atomic E-state index is 11.8. The average Bonchev–Trinajstić information content (AvgIpc) is 2.82. The van der Waals surface area contributed by atoms with Crippen molar-refractivity contribution >= 4 is 11.9 Å². The summed E-state index contributed by atoms with van der Waals surface area (Å²) in [5, 5.41) is 10.2. The fourth-order valence-corrected chi connectivity index (χ4v) is 1.61. The number of nitrogens with zero attached hydrogens (tertiary/aromatic N) is 3. The molecule has 3 N–H and O–H groups in total. The van der Waals surface area contributed by atoms with Gasteiger partial charge in [-0.25, -0.2) is 9.48 Å². The van der Waals surface area contributed by atoms with Crippen molar-refractivity contribution in [1.82, 2.24) is 20.3 Å². The van der Waals surface area contributed by atoms with Gasteiger partial charge in [-0.1, -0.05) is 5.21 Å². The molecule has 1 unspecified atom stereocenters. The number of aromatic nitrogens is 3. The van der Waals surface area contributed by atoms with Gasteiger partial charge in [0.2, 0.25) is 5.91 Å². The van der Waals surface area contributed by atoms with Crippen LogP contribution < -0.4 is 11.1 Å². The topological polar surface area (TPSA) is 112 Å². The van der Waals surface area contributed by atoms with Crippen molar-refractivity contribution in [3.8, 4) is 0 Å². The Bertz CT molecular complexity index is 457. The normalized spacial score (nSPS) is 12.0. The van der Waals surface area contributed by atoms with Crippen LogP contribution >= 0.6 is 0 Å². The zero-order valence-electron chi connectivity index (χ0n) is 11.3. The van der Waals surface area contributed by atoms with Crippen molar-refractivity contribution in [2.75, 3.05) is 13.2 Å². The minimum atomic E-state index is -0.589. The van der Waals surface area contributed by atoms with Crippen LogP contribution in [0.1, 0.15) is 43.0 Å². The highest BCUT2D eigenvalue weighted by Crippen LogP contribution is 2.13. The van der Waals surface area contributed by atoms with Gasteiger partial charge in [-0.3, -0.25) is 4.79 Å². The lowest BCUT2D eigenvalue weighted by Crippen LogP contribution is -2.32. The first kappa shape index (κ1) is 15.1. The molecule has 1 heterocycles. The Hall–Kier alpha value is -1.96. The van der Waals surface area contributed by atoms with Crippen LogP contribution in [0.25, 0.3) is 0 Å². The number of carbonyl (C=O) groups is 2. The van der Waals surface area contributed by atoms with E-state index in [0.717, 1.165) is 0 Å². The molecule has 0 saturated carbocycles. The van der Waals surface area contributed by atoms with E-state index < -0.39 is 12.0 Å². The predicted octanol–water partition coefficient (Wildman–Crippen LogP) is -0.389. The number of hydrogen-bond donors (Lipinski definition) is 2. The van der Waals surface area contributed by atoms with E-state index in [2.05, 4.69) is 15.6 Å². The first-order chi connectivity index (χ1) is 9.06. The molecule has 1 aromatic heterocycles. The smallest absolute Gasteiger partial charge is 0.360 e. The number of nitrogens with one attached hydrogen (secondary N) is 1. The minimum absolute atomic E-state index is 0.0465. The van der Waals surface area contributed by atoms with Crippen molar-refractivity contribution in [1.29, 1.82) is 0 Å². The van der Waals surface area contributed by atoms with Gasteiger partial charge in [0.05, 0.1) is 12.3 Å². The second-order valence-electron chi connectivity index (χ2n) is 3.82. The Morgan fingerprint density at radius 2 is 2.16 bits per heavy atom. The van der Waals surface area contributed by atoms with Crippen LogP contribution in [-0.4, -0.2) is 40.0 Å². The number of nitrogens with two attached hydrogens (primary N) is 1. The fourth-order valence-electron chi connectivity index (χ4n) is 1.61. The highest BCUT2D eigenvalue weighted by Gasteiger charge is 2.25. The molecule has 106 valence electrons. The first-order valence-electron chi connectivity index (χ1n) is 6.15. The van der Waals surface area contributed by atoms with Crippen LogP contribution in [0.2, 0.25) is 0 Å². The molecule has 0 saturated heterocycles. The molecule has 8 nitrogen and oxygen atoms in total. The average molecular weight is 269 g/mol. The summed E-state index contributed by atoms with van der Waals surface area (Å²) in [6.45, 7) is 5.97. The highest BCUT2D eigenvalue weighted by molar-refractivity contribution is 5.88. The quantitative estimate of drug-likeness (QED) is 0.680. The molecule has 0 aliphatic rings. The molecule has 0 fully saturated rings. The number of hydrogen-bond acceptors (Lipinski definition) is 6. The van der Waals surface area contributed by atoms with E-state index in [0.29, 0.717) is 12.2 Å². The molecule has 0 aliphatic carbocycles. The van der Waals surface area contributed by atoms with Gasteiger partial charge in [0.25, 0.3) is 0 Å². The summed E-state index contributed by atoms with van der Waals surface area (Å²) in [7, 11) is 0. The lowest BCUT2D eigenvalue weighted by molar-refractivity contribution is -0.124. The SMILES string of the molecule is CCNC(=O)C(C)n1nnc(C(=O)OCC)c1CN. The van der Waals surface area contributed by atoms with Gasteiger partial charge < -0.3 is 15.8 Å². The van der Waals surface area contributed by atoms with Gasteiger partial charge in [0.1, 0.15) is 6.04 Å². The summed E-state index contributed by atoms with van der Waals surface area (Å²) < 4.78 is 6.21. The Morgan fingerprint density at radius 1 is 1.47 bits per heavy atom. The Labute approximate surface area is 111 Å². The highest BCUT2D eigenvalue weighted by atomic mass is 16.5. The summed E-state index contributed by atoms with van der Waals surface area (Å²) in [5.74, 6) is -0.796. The van der Waals surface area contributed by atoms with Crippen molar-refractivity contribution in [3.63, 3.8) is 0 Å². The zero-order valence-corrected chi connectivity index (χ0v) is 11.3. The van der Waals surface area contributed by atoms with E-state index in [-0.39, 0.29) is 24.8 Å². The number of likely N-dealkylation sites (N-methyl/N-ethyl adjacent to an activating group) is 1. The molecular formula is C11H19N5O3. The van der Waals surface area contributed by atoms with Crippen LogP contribution in [0.15, 0.2) is 0 Å². The number of ether oxygens (including phenoxy) is 1. The monoisotopic (exact) mass is 269 g/mol. The van der Waals surface area contributed by atoms with E-state index in [1.165, 1.54) is 4.68 Å². The Morgan fingerprint density at radius 3 is 2.68 bits per heavy atom. The van der Waals surface area contributed by atoms with Crippen LogP contribution in [-0.2, 0) is 16.1 Å². The van der Waals surface area contributed by atoms with E-state index in [4.69, 9.17) is 10.5 Å². The van der Waals surface area contributed by atoms with Crippen molar-refractivity contribution in [3.05, 3.63) is 11.4 Å². The maximum Gasteiger partial charge on any atom is 0.360 e. The lowest BCUT2D eigenvalue weighted by atomic mass is 10.2. The van der Waals surface area contributed by atoms with Gasteiger partial charge in [0, 0.05) is 13.1 Å². The van der Waals surface area contributed by atoms with E-state index in [1.54, 1.807) is 13.8 Å². The largest absolute Gasteiger partial charge is 0.461 e. The molecule has 0 radical (unpaired) electrons. The Balaban J connectivity index is 3.03. The molecule has 0 aromatic carbocycles.